The monoisotopic (exact) mass is 297 g/mol. The van der Waals surface area contributed by atoms with Crippen LogP contribution in [0.15, 0.2) is 18.2 Å². The van der Waals surface area contributed by atoms with E-state index in [-0.39, 0.29) is 12.5 Å². The number of methoxy groups -OCH3 is 3. The lowest BCUT2D eigenvalue weighted by Gasteiger charge is -2.13. The van der Waals surface area contributed by atoms with Crippen molar-refractivity contribution in [1.29, 1.82) is 0 Å². The number of anilines is 1. The molecular weight excluding hydrogens is 274 g/mol. The van der Waals surface area contributed by atoms with Gasteiger partial charge in [-0.1, -0.05) is 0 Å². The largest absolute Gasteiger partial charge is 0.497 e. The van der Waals surface area contributed by atoms with Crippen molar-refractivity contribution in [2.45, 2.75) is 6.04 Å². The van der Waals surface area contributed by atoms with E-state index in [4.69, 9.17) is 19.9 Å². The molecule has 0 aliphatic rings. The zero-order chi connectivity index (χ0) is 15.7. The number of rotatable bonds is 9. The molecule has 0 aromatic heterocycles. The first-order valence-corrected chi connectivity index (χ1v) is 6.60. The van der Waals surface area contributed by atoms with Crippen molar-refractivity contribution in [3.63, 3.8) is 0 Å². The van der Waals surface area contributed by atoms with E-state index >= 15 is 0 Å². The van der Waals surface area contributed by atoms with Crippen LogP contribution in [0.4, 0.5) is 5.69 Å². The van der Waals surface area contributed by atoms with E-state index in [1.165, 1.54) is 7.11 Å². The molecule has 7 nitrogen and oxygen atoms in total. The second kappa shape index (κ2) is 9.04. The summed E-state index contributed by atoms with van der Waals surface area (Å²) in [6, 6.07) is 4.84. The summed E-state index contributed by atoms with van der Waals surface area (Å²) in [6.07, 6.45) is 0. The van der Waals surface area contributed by atoms with Crippen LogP contribution < -0.4 is 25.8 Å². The van der Waals surface area contributed by atoms with Crippen molar-refractivity contribution in [3.05, 3.63) is 18.2 Å². The van der Waals surface area contributed by atoms with Crippen molar-refractivity contribution in [3.8, 4) is 11.5 Å². The highest BCUT2D eigenvalue weighted by atomic mass is 16.5. The highest BCUT2D eigenvalue weighted by Gasteiger charge is 2.11. The molecule has 0 bridgehead atoms. The van der Waals surface area contributed by atoms with Gasteiger partial charge in [0.05, 0.1) is 20.8 Å². The summed E-state index contributed by atoms with van der Waals surface area (Å²) in [5, 5.41) is 5.90. The van der Waals surface area contributed by atoms with Crippen molar-refractivity contribution in [2.75, 3.05) is 46.3 Å². The van der Waals surface area contributed by atoms with Crippen LogP contribution in [0, 0.1) is 0 Å². The SMILES string of the molecule is COCC(N)C(=O)NCCNc1cc(OC)cc(OC)c1. The van der Waals surface area contributed by atoms with Crippen LogP contribution in [-0.2, 0) is 9.53 Å². The zero-order valence-electron chi connectivity index (χ0n) is 12.6. The van der Waals surface area contributed by atoms with Crippen molar-refractivity contribution >= 4 is 11.6 Å². The second-order valence-electron chi connectivity index (χ2n) is 4.38. The maximum atomic E-state index is 11.6. The minimum Gasteiger partial charge on any atom is -0.497 e. The van der Waals surface area contributed by atoms with Gasteiger partial charge in [0.15, 0.2) is 0 Å². The molecule has 1 atom stereocenters. The topological polar surface area (TPSA) is 94.8 Å². The number of nitrogens with one attached hydrogen (secondary N) is 2. The third kappa shape index (κ3) is 5.88. The molecule has 1 rings (SSSR count). The van der Waals surface area contributed by atoms with Crippen molar-refractivity contribution in [2.24, 2.45) is 5.73 Å². The molecule has 118 valence electrons. The second-order valence-corrected chi connectivity index (χ2v) is 4.38. The molecule has 0 aliphatic carbocycles. The summed E-state index contributed by atoms with van der Waals surface area (Å²) < 4.78 is 15.2. The fraction of sp³-hybridized carbons (Fsp3) is 0.500. The first kappa shape index (κ1) is 17.1. The first-order valence-electron chi connectivity index (χ1n) is 6.60. The number of ether oxygens (including phenoxy) is 3. The van der Waals surface area contributed by atoms with Gasteiger partial charge in [0.1, 0.15) is 17.5 Å². The molecule has 0 saturated carbocycles. The average Bonchev–Trinajstić information content (AvgIpc) is 2.51. The number of carbonyl (C=O) groups is 1. The molecule has 0 fully saturated rings. The summed E-state index contributed by atoms with van der Waals surface area (Å²) in [5.74, 6) is 1.16. The molecule has 0 heterocycles. The molecule has 0 saturated heterocycles. The smallest absolute Gasteiger partial charge is 0.239 e. The quantitative estimate of drug-likeness (QED) is 0.564. The number of carbonyl (C=O) groups excluding carboxylic acids is 1. The molecule has 4 N–H and O–H groups in total. The Kier molecular flexibility index (Phi) is 7.34. The molecule has 0 spiro atoms. The highest BCUT2D eigenvalue weighted by molar-refractivity contribution is 5.81. The van der Waals surface area contributed by atoms with Gasteiger partial charge in [-0.15, -0.1) is 0 Å². The highest BCUT2D eigenvalue weighted by Crippen LogP contribution is 2.25. The van der Waals surface area contributed by atoms with E-state index in [9.17, 15) is 4.79 Å². The van der Waals surface area contributed by atoms with Crippen LogP contribution in [-0.4, -0.2) is 53.0 Å². The molecule has 1 aromatic carbocycles. The molecule has 1 unspecified atom stereocenters. The van der Waals surface area contributed by atoms with Crippen LogP contribution in [0.5, 0.6) is 11.5 Å². The Morgan fingerprint density at radius 2 is 1.76 bits per heavy atom. The maximum absolute atomic E-state index is 11.6. The summed E-state index contributed by atoms with van der Waals surface area (Å²) in [4.78, 5) is 11.6. The summed E-state index contributed by atoms with van der Waals surface area (Å²) in [7, 11) is 4.69. The number of amides is 1. The lowest BCUT2D eigenvalue weighted by Crippen LogP contribution is -2.44. The normalized spacial score (nSPS) is 11.6. The Labute approximate surface area is 124 Å². The Morgan fingerprint density at radius 3 is 2.29 bits per heavy atom. The van der Waals surface area contributed by atoms with Gasteiger partial charge in [0, 0.05) is 44.1 Å². The molecule has 1 amide bonds. The van der Waals surface area contributed by atoms with Crippen LogP contribution in [0.1, 0.15) is 0 Å². The molecule has 1 aromatic rings. The minimum absolute atomic E-state index is 0.201. The Hall–Kier alpha value is -1.99. The van der Waals surface area contributed by atoms with Gasteiger partial charge in [-0.05, 0) is 0 Å². The van der Waals surface area contributed by atoms with E-state index < -0.39 is 6.04 Å². The lowest BCUT2D eigenvalue weighted by atomic mass is 10.2. The van der Waals surface area contributed by atoms with E-state index in [1.807, 2.05) is 12.1 Å². The molecule has 7 heteroatoms. The van der Waals surface area contributed by atoms with E-state index in [0.29, 0.717) is 24.6 Å². The van der Waals surface area contributed by atoms with Gasteiger partial charge in [-0.2, -0.15) is 0 Å². The summed E-state index contributed by atoms with van der Waals surface area (Å²) in [5.41, 5.74) is 6.46. The predicted octanol–water partition coefficient (Wildman–Crippen LogP) is 0.206. The fourth-order valence-corrected chi connectivity index (χ4v) is 1.69. The van der Waals surface area contributed by atoms with E-state index in [1.54, 1.807) is 20.3 Å². The van der Waals surface area contributed by atoms with E-state index in [0.717, 1.165) is 5.69 Å². The molecule has 0 radical (unpaired) electrons. The molecular formula is C14H23N3O4. The van der Waals surface area contributed by atoms with Crippen molar-refractivity contribution < 1.29 is 19.0 Å². The Morgan fingerprint density at radius 1 is 1.14 bits per heavy atom. The zero-order valence-corrected chi connectivity index (χ0v) is 12.6. The first-order chi connectivity index (χ1) is 10.1. The fourth-order valence-electron chi connectivity index (χ4n) is 1.69. The maximum Gasteiger partial charge on any atom is 0.239 e. The lowest BCUT2D eigenvalue weighted by molar-refractivity contribution is -0.123. The van der Waals surface area contributed by atoms with Gasteiger partial charge < -0.3 is 30.6 Å². The summed E-state index contributed by atoms with van der Waals surface area (Å²) >= 11 is 0. The van der Waals surface area contributed by atoms with Crippen LogP contribution in [0.25, 0.3) is 0 Å². The third-order valence-corrected chi connectivity index (χ3v) is 2.79. The van der Waals surface area contributed by atoms with Gasteiger partial charge in [0.2, 0.25) is 5.91 Å². The van der Waals surface area contributed by atoms with Crippen LogP contribution >= 0.6 is 0 Å². The van der Waals surface area contributed by atoms with Gasteiger partial charge in [0.25, 0.3) is 0 Å². The summed E-state index contributed by atoms with van der Waals surface area (Å²) in [6.45, 7) is 1.21. The van der Waals surface area contributed by atoms with Crippen molar-refractivity contribution in [1.82, 2.24) is 5.32 Å². The average molecular weight is 297 g/mol. The minimum atomic E-state index is -0.646. The number of benzene rings is 1. The predicted molar refractivity (Wildman–Crippen MR) is 80.9 cm³/mol. The Balaban J connectivity index is 2.40. The van der Waals surface area contributed by atoms with Gasteiger partial charge >= 0.3 is 0 Å². The van der Waals surface area contributed by atoms with Gasteiger partial charge in [-0.25, -0.2) is 0 Å². The van der Waals surface area contributed by atoms with Crippen LogP contribution in [0.2, 0.25) is 0 Å². The van der Waals surface area contributed by atoms with Crippen LogP contribution in [0.3, 0.4) is 0 Å². The number of hydrogen-bond acceptors (Lipinski definition) is 6. The van der Waals surface area contributed by atoms with Gasteiger partial charge in [-0.3, -0.25) is 4.79 Å². The Bertz CT molecular complexity index is 432. The third-order valence-electron chi connectivity index (χ3n) is 2.79. The number of hydrogen-bond donors (Lipinski definition) is 3. The molecule has 21 heavy (non-hydrogen) atoms. The molecule has 0 aliphatic heterocycles. The van der Waals surface area contributed by atoms with E-state index in [2.05, 4.69) is 10.6 Å². The number of nitrogens with two attached hydrogens (primary N) is 1. The standard InChI is InChI=1S/C14H23N3O4/c1-19-9-13(15)14(18)17-5-4-16-10-6-11(20-2)8-12(7-10)21-3/h6-8,13,16H,4-5,9,15H2,1-3H3,(H,17,18).